The van der Waals surface area contributed by atoms with E-state index in [1.165, 1.54) is 26.4 Å². The normalized spacial score (nSPS) is 17.5. The van der Waals surface area contributed by atoms with E-state index in [1.807, 2.05) is 6.92 Å². The van der Waals surface area contributed by atoms with Gasteiger partial charge in [0.2, 0.25) is 17.6 Å². The van der Waals surface area contributed by atoms with Crippen LogP contribution in [0.2, 0.25) is 0 Å². The molecule has 1 saturated heterocycles. The van der Waals surface area contributed by atoms with E-state index in [9.17, 15) is 19.2 Å². The van der Waals surface area contributed by atoms with E-state index in [0.717, 1.165) is 5.56 Å². The molecular formula is C24H27N3O7. The summed E-state index contributed by atoms with van der Waals surface area (Å²) in [6.07, 6.45) is 1.26. The monoisotopic (exact) mass is 469 g/mol. The second-order valence-electron chi connectivity index (χ2n) is 7.81. The summed E-state index contributed by atoms with van der Waals surface area (Å²) < 4.78 is 15.9. The summed E-state index contributed by atoms with van der Waals surface area (Å²) >= 11 is 0. The third-order valence-corrected chi connectivity index (χ3v) is 5.85. The number of amides is 4. The van der Waals surface area contributed by atoms with Crippen molar-refractivity contribution >= 4 is 29.3 Å². The van der Waals surface area contributed by atoms with Crippen LogP contribution in [0.4, 0.5) is 5.69 Å². The Labute approximate surface area is 196 Å². The molecule has 0 aromatic heterocycles. The Bertz CT molecular complexity index is 1090. The van der Waals surface area contributed by atoms with Gasteiger partial charge in [-0.15, -0.1) is 0 Å². The van der Waals surface area contributed by atoms with Crippen LogP contribution in [0.3, 0.4) is 0 Å². The molecule has 1 aliphatic heterocycles. The second kappa shape index (κ2) is 10.2. The molecule has 1 atom stereocenters. The number of methoxy groups -OCH3 is 2. The molecule has 1 fully saturated rings. The highest BCUT2D eigenvalue weighted by molar-refractivity contribution is 6.05. The summed E-state index contributed by atoms with van der Waals surface area (Å²) in [6, 6.07) is 9.86. The number of benzene rings is 2. The maximum atomic E-state index is 12.9. The van der Waals surface area contributed by atoms with Gasteiger partial charge in [0, 0.05) is 17.7 Å². The minimum Gasteiger partial charge on any atom is -0.493 e. The average Bonchev–Trinajstić information content (AvgIpc) is 2.83. The number of nitrogens with one attached hydrogen (secondary N) is 2. The first-order chi connectivity index (χ1) is 16.2. The lowest BCUT2D eigenvalue weighted by Gasteiger charge is -2.35. The van der Waals surface area contributed by atoms with Crippen LogP contribution in [-0.2, 0) is 19.8 Å². The molecule has 4 N–H and O–H groups in total. The van der Waals surface area contributed by atoms with Gasteiger partial charge in [-0.2, -0.15) is 0 Å². The molecule has 0 aliphatic carbocycles. The molecular weight excluding hydrogens is 442 g/mol. The van der Waals surface area contributed by atoms with Crippen molar-refractivity contribution in [1.29, 1.82) is 0 Å². The average molecular weight is 469 g/mol. The Morgan fingerprint density at radius 2 is 1.71 bits per heavy atom. The molecule has 2 aromatic rings. The van der Waals surface area contributed by atoms with E-state index in [0.29, 0.717) is 18.5 Å². The fourth-order valence-corrected chi connectivity index (χ4v) is 3.94. The molecule has 0 spiro atoms. The van der Waals surface area contributed by atoms with E-state index >= 15 is 0 Å². The van der Waals surface area contributed by atoms with Crippen molar-refractivity contribution in [2.24, 2.45) is 5.73 Å². The molecule has 2 aromatic carbocycles. The molecule has 1 aliphatic rings. The number of nitrogens with two attached hydrogens (primary N) is 1. The predicted molar refractivity (Wildman–Crippen MR) is 123 cm³/mol. The molecule has 1 heterocycles. The highest BCUT2D eigenvalue weighted by atomic mass is 16.5. The van der Waals surface area contributed by atoms with Crippen LogP contribution in [-0.4, -0.2) is 44.5 Å². The molecule has 0 bridgehead atoms. The van der Waals surface area contributed by atoms with E-state index < -0.39 is 17.2 Å². The standard InChI is InChI=1S/C24H27N3O7/c1-4-24(10-9-20(29)27-23(24)31)15-5-7-16(8-6-15)26-22(30)14-11-17(32-2)21(18(12-14)33-3)34-13-19(25)28/h5-8,11-12H,4,9-10,13H2,1-3H3,(H2,25,28)(H,26,30)(H,27,29,31). The Kier molecular flexibility index (Phi) is 7.40. The summed E-state index contributed by atoms with van der Waals surface area (Å²) in [5.41, 5.74) is 5.87. The number of carbonyl (C=O) groups is 4. The van der Waals surface area contributed by atoms with Crippen LogP contribution >= 0.6 is 0 Å². The molecule has 10 heteroatoms. The quantitative estimate of drug-likeness (QED) is 0.476. The van der Waals surface area contributed by atoms with Gasteiger partial charge in [0.25, 0.3) is 11.8 Å². The molecule has 10 nitrogen and oxygen atoms in total. The van der Waals surface area contributed by atoms with Crippen molar-refractivity contribution in [1.82, 2.24) is 5.32 Å². The Morgan fingerprint density at radius 3 is 2.21 bits per heavy atom. The van der Waals surface area contributed by atoms with Crippen LogP contribution < -0.4 is 30.6 Å². The molecule has 180 valence electrons. The lowest BCUT2D eigenvalue weighted by atomic mass is 9.72. The fraction of sp³-hybridized carbons (Fsp3) is 0.333. The number of rotatable bonds is 9. The van der Waals surface area contributed by atoms with E-state index in [2.05, 4.69) is 10.6 Å². The van der Waals surface area contributed by atoms with Gasteiger partial charge in [-0.05, 0) is 42.7 Å². The molecule has 4 amide bonds. The summed E-state index contributed by atoms with van der Waals surface area (Å²) in [5.74, 6) is -1.13. The lowest BCUT2D eigenvalue weighted by Crippen LogP contribution is -2.51. The van der Waals surface area contributed by atoms with E-state index in [4.69, 9.17) is 19.9 Å². The molecule has 0 radical (unpaired) electrons. The van der Waals surface area contributed by atoms with Crippen LogP contribution in [0.25, 0.3) is 0 Å². The van der Waals surface area contributed by atoms with Crippen LogP contribution in [0.15, 0.2) is 36.4 Å². The molecule has 34 heavy (non-hydrogen) atoms. The molecule has 1 unspecified atom stereocenters. The maximum Gasteiger partial charge on any atom is 0.255 e. The van der Waals surface area contributed by atoms with Crippen molar-refractivity contribution < 1.29 is 33.4 Å². The van der Waals surface area contributed by atoms with Crippen LogP contribution in [0.1, 0.15) is 42.1 Å². The Morgan fingerprint density at radius 1 is 1.09 bits per heavy atom. The zero-order valence-corrected chi connectivity index (χ0v) is 19.2. The lowest BCUT2D eigenvalue weighted by molar-refractivity contribution is -0.138. The van der Waals surface area contributed by atoms with Crippen LogP contribution in [0, 0.1) is 0 Å². The van der Waals surface area contributed by atoms with Gasteiger partial charge in [0.05, 0.1) is 19.6 Å². The van der Waals surface area contributed by atoms with Crippen molar-refractivity contribution in [3.05, 3.63) is 47.5 Å². The van der Waals surface area contributed by atoms with Gasteiger partial charge >= 0.3 is 0 Å². The van der Waals surface area contributed by atoms with Crippen molar-refractivity contribution in [2.45, 2.75) is 31.6 Å². The zero-order chi connectivity index (χ0) is 24.9. The van der Waals surface area contributed by atoms with Gasteiger partial charge in [-0.3, -0.25) is 24.5 Å². The first-order valence-electron chi connectivity index (χ1n) is 10.7. The number of carbonyl (C=O) groups excluding carboxylic acids is 4. The smallest absolute Gasteiger partial charge is 0.255 e. The van der Waals surface area contributed by atoms with Crippen LogP contribution in [0.5, 0.6) is 17.2 Å². The largest absolute Gasteiger partial charge is 0.493 e. The van der Waals surface area contributed by atoms with E-state index in [-0.39, 0.29) is 47.7 Å². The number of piperidine rings is 1. The number of hydrogen-bond acceptors (Lipinski definition) is 7. The van der Waals surface area contributed by atoms with Gasteiger partial charge in [0.1, 0.15) is 0 Å². The third kappa shape index (κ3) is 4.95. The van der Waals surface area contributed by atoms with Gasteiger partial charge in [-0.25, -0.2) is 0 Å². The first kappa shape index (κ1) is 24.6. The Hall–Kier alpha value is -4.08. The SMILES string of the molecule is CCC1(c2ccc(NC(=O)c3cc(OC)c(OCC(N)=O)c(OC)c3)cc2)CCC(=O)NC1=O. The number of anilines is 1. The van der Waals surface area contributed by atoms with Gasteiger partial charge < -0.3 is 25.3 Å². The maximum absolute atomic E-state index is 12.9. The minimum absolute atomic E-state index is 0.152. The van der Waals surface area contributed by atoms with Gasteiger partial charge in [-0.1, -0.05) is 19.1 Å². The highest BCUT2D eigenvalue weighted by Crippen LogP contribution is 2.39. The highest BCUT2D eigenvalue weighted by Gasteiger charge is 2.42. The summed E-state index contributed by atoms with van der Waals surface area (Å²) in [4.78, 5) is 48.1. The van der Waals surface area contributed by atoms with Crippen molar-refractivity contribution in [3.8, 4) is 17.2 Å². The Balaban J connectivity index is 1.81. The predicted octanol–water partition coefficient (Wildman–Crippen LogP) is 1.90. The third-order valence-electron chi connectivity index (χ3n) is 5.85. The summed E-state index contributed by atoms with van der Waals surface area (Å²) in [7, 11) is 2.79. The van der Waals surface area contributed by atoms with Crippen molar-refractivity contribution in [3.63, 3.8) is 0 Å². The summed E-state index contributed by atoms with van der Waals surface area (Å²) in [5, 5.41) is 5.21. The number of primary amides is 1. The number of ether oxygens (including phenoxy) is 3. The number of imide groups is 1. The van der Waals surface area contributed by atoms with Crippen molar-refractivity contribution in [2.75, 3.05) is 26.1 Å². The first-order valence-corrected chi connectivity index (χ1v) is 10.7. The molecule has 3 rings (SSSR count). The minimum atomic E-state index is -0.780. The topological polar surface area (TPSA) is 146 Å². The second-order valence-corrected chi connectivity index (χ2v) is 7.81. The van der Waals surface area contributed by atoms with Gasteiger partial charge in [0.15, 0.2) is 18.1 Å². The van der Waals surface area contributed by atoms with E-state index in [1.54, 1.807) is 24.3 Å². The molecule has 0 saturated carbocycles. The summed E-state index contributed by atoms with van der Waals surface area (Å²) in [6.45, 7) is 1.53. The fourth-order valence-electron chi connectivity index (χ4n) is 3.94. The zero-order valence-electron chi connectivity index (χ0n) is 19.2. The number of hydrogen-bond donors (Lipinski definition) is 3.